The lowest BCUT2D eigenvalue weighted by Gasteiger charge is -2.32. The normalized spacial score (nSPS) is 26.2. The lowest BCUT2D eigenvalue weighted by Crippen LogP contribution is -2.34. The van der Waals surface area contributed by atoms with E-state index in [9.17, 15) is 0 Å². The van der Waals surface area contributed by atoms with Crippen LogP contribution in [-0.2, 0) is 6.54 Å². The molecule has 0 aromatic carbocycles. The average Bonchev–Trinajstić information content (AvgIpc) is 2.65. The molecule has 1 heterocycles. The van der Waals surface area contributed by atoms with E-state index in [2.05, 4.69) is 29.1 Å². The van der Waals surface area contributed by atoms with Crippen LogP contribution in [0.15, 0.2) is 0 Å². The van der Waals surface area contributed by atoms with Gasteiger partial charge in [-0.1, -0.05) is 18.3 Å². The van der Waals surface area contributed by atoms with Gasteiger partial charge in [-0.3, -0.25) is 4.90 Å². The summed E-state index contributed by atoms with van der Waals surface area (Å²) in [6, 6.07) is 0.710. The van der Waals surface area contributed by atoms with Gasteiger partial charge < -0.3 is 5.73 Å². The van der Waals surface area contributed by atoms with Crippen molar-refractivity contribution in [1.82, 2.24) is 15.1 Å². The highest BCUT2D eigenvalue weighted by molar-refractivity contribution is 7.15. The fraction of sp³-hybridized carbons (Fsp3) is 0.818. The van der Waals surface area contributed by atoms with Crippen molar-refractivity contribution >= 4 is 16.5 Å². The summed E-state index contributed by atoms with van der Waals surface area (Å²) in [6.07, 6.45) is 5.33. The first-order chi connectivity index (χ1) is 7.65. The maximum absolute atomic E-state index is 5.58. The molecule has 0 atom stereocenters. The van der Waals surface area contributed by atoms with Gasteiger partial charge in [0.05, 0.1) is 6.54 Å². The van der Waals surface area contributed by atoms with Gasteiger partial charge in [-0.15, -0.1) is 10.2 Å². The van der Waals surface area contributed by atoms with E-state index in [0.29, 0.717) is 11.2 Å². The van der Waals surface area contributed by atoms with Crippen LogP contribution in [0.5, 0.6) is 0 Å². The van der Waals surface area contributed by atoms with Crippen LogP contribution in [0.2, 0.25) is 0 Å². The lowest BCUT2D eigenvalue weighted by atomic mass is 9.87. The van der Waals surface area contributed by atoms with Crippen molar-refractivity contribution in [2.75, 3.05) is 12.8 Å². The zero-order chi connectivity index (χ0) is 11.5. The highest BCUT2D eigenvalue weighted by atomic mass is 32.1. The molecule has 0 unspecified atom stereocenters. The molecular formula is C11H20N4S. The molecule has 0 spiro atoms. The largest absolute Gasteiger partial charge is 0.374 e. The SMILES string of the molecule is CC1CCC(N(C)Cc2nnc(N)s2)CC1. The van der Waals surface area contributed by atoms with Crippen molar-refractivity contribution in [1.29, 1.82) is 0 Å². The predicted molar refractivity (Wildman–Crippen MR) is 67.2 cm³/mol. The zero-order valence-electron chi connectivity index (χ0n) is 10.0. The summed E-state index contributed by atoms with van der Waals surface area (Å²) in [5.74, 6) is 0.904. The van der Waals surface area contributed by atoms with Crippen LogP contribution >= 0.6 is 11.3 Å². The molecule has 5 heteroatoms. The zero-order valence-corrected chi connectivity index (χ0v) is 10.8. The van der Waals surface area contributed by atoms with E-state index in [1.165, 1.54) is 37.0 Å². The fourth-order valence-corrected chi connectivity index (χ4v) is 3.03. The van der Waals surface area contributed by atoms with Gasteiger partial charge >= 0.3 is 0 Å². The molecule has 1 fully saturated rings. The Balaban J connectivity index is 1.85. The van der Waals surface area contributed by atoms with Crippen LogP contribution in [0, 0.1) is 5.92 Å². The van der Waals surface area contributed by atoms with Gasteiger partial charge in [-0.25, -0.2) is 0 Å². The Bertz CT molecular complexity index is 330. The van der Waals surface area contributed by atoms with E-state index >= 15 is 0 Å². The van der Waals surface area contributed by atoms with Crippen molar-refractivity contribution in [3.63, 3.8) is 0 Å². The van der Waals surface area contributed by atoms with Crippen LogP contribution in [0.4, 0.5) is 5.13 Å². The van der Waals surface area contributed by atoms with Gasteiger partial charge in [0.1, 0.15) is 5.01 Å². The Kier molecular flexibility index (Phi) is 3.76. The summed E-state index contributed by atoms with van der Waals surface area (Å²) in [5.41, 5.74) is 5.58. The highest BCUT2D eigenvalue weighted by Crippen LogP contribution is 2.27. The molecule has 16 heavy (non-hydrogen) atoms. The second kappa shape index (κ2) is 5.10. The number of hydrogen-bond donors (Lipinski definition) is 1. The minimum Gasteiger partial charge on any atom is -0.374 e. The molecule has 4 nitrogen and oxygen atoms in total. The summed E-state index contributed by atoms with van der Waals surface area (Å²) < 4.78 is 0. The first-order valence-corrected chi connectivity index (χ1v) is 6.75. The molecule has 0 saturated heterocycles. The van der Waals surface area contributed by atoms with Crippen molar-refractivity contribution < 1.29 is 0 Å². The Labute approximate surface area is 101 Å². The molecule has 0 aliphatic heterocycles. The van der Waals surface area contributed by atoms with E-state index in [4.69, 9.17) is 5.73 Å². The summed E-state index contributed by atoms with van der Waals surface area (Å²) >= 11 is 1.49. The number of aromatic nitrogens is 2. The van der Waals surface area contributed by atoms with Crippen LogP contribution in [0.3, 0.4) is 0 Å². The third-order valence-corrected chi connectivity index (χ3v) is 4.21. The van der Waals surface area contributed by atoms with E-state index in [1.807, 2.05) is 0 Å². The van der Waals surface area contributed by atoms with Gasteiger partial charge in [0, 0.05) is 6.04 Å². The number of nitrogens with zero attached hydrogens (tertiary/aromatic N) is 3. The molecule has 2 rings (SSSR count). The van der Waals surface area contributed by atoms with Crippen molar-refractivity contribution in [2.45, 2.75) is 45.2 Å². The Morgan fingerprint density at radius 2 is 2.00 bits per heavy atom. The van der Waals surface area contributed by atoms with Gasteiger partial charge in [-0.2, -0.15) is 0 Å². The number of rotatable bonds is 3. The van der Waals surface area contributed by atoms with Crippen LogP contribution in [-0.4, -0.2) is 28.2 Å². The minimum absolute atomic E-state index is 0.570. The second-order valence-corrected chi connectivity index (χ2v) is 5.96. The van der Waals surface area contributed by atoms with Crippen molar-refractivity contribution in [3.8, 4) is 0 Å². The molecule has 1 saturated carbocycles. The van der Waals surface area contributed by atoms with E-state index in [1.54, 1.807) is 0 Å². The van der Waals surface area contributed by atoms with Gasteiger partial charge in [0.25, 0.3) is 0 Å². The Morgan fingerprint density at radius 3 is 2.56 bits per heavy atom. The van der Waals surface area contributed by atoms with Gasteiger partial charge in [0.15, 0.2) is 0 Å². The highest BCUT2D eigenvalue weighted by Gasteiger charge is 2.22. The molecule has 1 aliphatic rings. The molecule has 2 N–H and O–H groups in total. The minimum atomic E-state index is 0.570. The summed E-state index contributed by atoms with van der Waals surface area (Å²) in [7, 11) is 2.18. The predicted octanol–water partition coefficient (Wildman–Crippen LogP) is 2.13. The third-order valence-electron chi connectivity index (χ3n) is 3.48. The summed E-state index contributed by atoms with van der Waals surface area (Å²) in [6.45, 7) is 3.23. The molecule has 90 valence electrons. The molecule has 1 aliphatic carbocycles. The molecule has 0 radical (unpaired) electrons. The van der Waals surface area contributed by atoms with Crippen molar-refractivity contribution in [2.24, 2.45) is 5.92 Å². The van der Waals surface area contributed by atoms with Crippen LogP contribution in [0.1, 0.15) is 37.6 Å². The quantitative estimate of drug-likeness (QED) is 0.879. The van der Waals surface area contributed by atoms with E-state index < -0.39 is 0 Å². The van der Waals surface area contributed by atoms with Crippen LogP contribution < -0.4 is 5.73 Å². The fourth-order valence-electron chi connectivity index (χ4n) is 2.36. The van der Waals surface area contributed by atoms with Gasteiger partial charge in [-0.05, 0) is 38.6 Å². The standard InChI is InChI=1S/C11H20N4S/c1-8-3-5-9(6-4-8)15(2)7-10-13-14-11(12)16-10/h8-9H,3-7H2,1-2H3,(H2,12,14). The smallest absolute Gasteiger partial charge is 0.203 e. The summed E-state index contributed by atoms with van der Waals surface area (Å²) in [4.78, 5) is 2.39. The van der Waals surface area contributed by atoms with Gasteiger partial charge in [0.2, 0.25) is 5.13 Å². The Morgan fingerprint density at radius 1 is 1.31 bits per heavy atom. The Hall–Kier alpha value is -0.680. The third kappa shape index (κ3) is 2.92. The number of nitrogens with two attached hydrogens (primary N) is 1. The monoisotopic (exact) mass is 240 g/mol. The van der Waals surface area contributed by atoms with E-state index in [-0.39, 0.29) is 0 Å². The second-order valence-electron chi connectivity index (χ2n) is 4.86. The molecule has 0 bridgehead atoms. The number of nitrogen functional groups attached to an aromatic ring is 1. The molecule has 1 aromatic heterocycles. The average molecular weight is 240 g/mol. The molecular weight excluding hydrogens is 220 g/mol. The molecule has 1 aromatic rings. The maximum Gasteiger partial charge on any atom is 0.203 e. The first kappa shape index (κ1) is 11.8. The topological polar surface area (TPSA) is 55.0 Å². The lowest BCUT2D eigenvalue weighted by molar-refractivity contribution is 0.163. The number of anilines is 1. The van der Waals surface area contributed by atoms with Crippen LogP contribution in [0.25, 0.3) is 0 Å². The van der Waals surface area contributed by atoms with Crippen molar-refractivity contribution in [3.05, 3.63) is 5.01 Å². The maximum atomic E-state index is 5.58. The van der Waals surface area contributed by atoms with E-state index in [0.717, 1.165) is 17.5 Å². The first-order valence-electron chi connectivity index (χ1n) is 5.93. The molecule has 0 amide bonds. The number of hydrogen-bond acceptors (Lipinski definition) is 5. The summed E-state index contributed by atoms with van der Waals surface area (Å²) in [5, 5.41) is 9.51.